The van der Waals surface area contributed by atoms with E-state index in [0.29, 0.717) is 27.6 Å². The summed E-state index contributed by atoms with van der Waals surface area (Å²) in [4.78, 5) is 28.2. The Morgan fingerprint density at radius 2 is 1.24 bits per heavy atom. The van der Waals surface area contributed by atoms with Gasteiger partial charge in [-0.3, -0.25) is 9.36 Å². The van der Waals surface area contributed by atoms with Gasteiger partial charge < -0.3 is 14.8 Å². The van der Waals surface area contributed by atoms with Gasteiger partial charge >= 0.3 is 6.09 Å². The normalized spacial score (nSPS) is 13.0. The zero-order chi connectivity index (χ0) is 30.3. The van der Waals surface area contributed by atoms with Crippen molar-refractivity contribution >= 4 is 35.6 Å². The third-order valence-electron chi connectivity index (χ3n) is 6.75. The molecular weight excluding hydrogens is 547 g/mol. The molecule has 4 aromatic carbocycles. The number of hydrogen-bond donors (Lipinski definition) is 1. The lowest BCUT2D eigenvalue weighted by molar-refractivity contribution is -0.120. The van der Waals surface area contributed by atoms with E-state index in [-0.39, 0.29) is 5.91 Å². The maximum absolute atomic E-state index is 15.7. The molecule has 0 aromatic heterocycles. The molecule has 4 aromatic rings. The summed E-state index contributed by atoms with van der Waals surface area (Å²) in [6.07, 6.45) is -0.781. The van der Waals surface area contributed by atoms with Crippen LogP contribution in [0.15, 0.2) is 115 Å². The summed E-state index contributed by atoms with van der Waals surface area (Å²) in [6, 6.07) is 33.0. The Labute approximate surface area is 247 Å². The van der Waals surface area contributed by atoms with Gasteiger partial charge in [-0.25, -0.2) is 9.46 Å². The van der Waals surface area contributed by atoms with Gasteiger partial charge in [0.15, 0.2) is 0 Å². The summed E-state index contributed by atoms with van der Waals surface area (Å²) in [6.45, 7) is 7.01. The molecule has 42 heavy (non-hydrogen) atoms. The summed E-state index contributed by atoms with van der Waals surface area (Å²) >= 11 is 0. The fourth-order valence-corrected chi connectivity index (χ4v) is 7.64. The third kappa shape index (κ3) is 6.92. The number of methoxy groups -OCH3 is 1. The number of rotatable bonds is 9. The zero-order valence-electron chi connectivity index (χ0n) is 24.6. The lowest BCUT2D eigenvalue weighted by Gasteiger charge is -2.41. The molecule has 0 aliphatic rings. The topological polar surface area (TPSA) is 84.9 Å². The van der Waals surface area contributed by atoms with Crippen molar-refractivity contribution in [2.45, 2.75) is 39.3 Å². The van der Waals surface area contributed by atoms with E-state index in [9.17, 15) is 9.59 Å². The molecule has 0 bridgehead atoms. The summed E-state index contributed by atoms with van der Waals surface area (Å²) in [5, 5.41) is 3.85. The molecule has 0 saturated heterocycles. The van der Waals surface area contributed by atoms with E-state index in [1.165, 1.54) is 4.67 Å². The molecule has 0 aliphatic heterocycles. The molecule has 1 N–H and O–H groups in total. The lowest BCUT2D eigenvalue weighted by Crippen LogP contribution is -2.46. The SMILES string of the molecule is COc1ccc(NC(=O)[C@H](C)C(c2ccccc2)N(C(=O)OC(C)(C)C)P(=O)(c2ccccc2)c2ccccc2)cc1. The van der Waals surface area contributed by atoms with Gasteiger partial charge in [-0.1, -0.05) is 73.7 Å². The maximum atomic E-state index is 15.7. The van der Waals surface area contributed by atoms with E-state index in [0.717, 1.165) is 0 Å². The molecule has 0 aliphatic carbocycles. The van der Waals surface area contributed by atoms with Crippen LogP contribution in [-0.4, -0.2) is 29.4 Å². The van der Waals surface area contributed by atoms with Gasteiger partial charge in [-0.2, -0.15) is 0 Å². The van der Waals surface area contributed by atoms with Gasteiger partial charge in [0.1, 0.15) is 11.4 Å². The highest BCUT2D eigenvalue weighted by atomic mass is 31.2. The van der Waals surface area contributed by atoms with Crippen molar-refractivity contribution in [2.24, 2.45) is 5.92 Å². The second-order valence-electron chi connectivity index (χ2n) is 10.9. The van der Waals surface area contributed by atoms with Crippen LogP contribution in [0.1, 0.15) is 39.3 Å². The van der Waals surface area contributed by atoms with Gasteiger partial charge in [0.2, 0.25) is 13.2 Å². The first kappa shape index (κ1) is 30.6. The molecule has 4 rings (SSSR count). The largest absolute Gasteiger partial charge is 0.497 e. The first-order chi connectivity index (χ1) is 20.0. The molecule has 0 heterocycles. The summed E-state index contributed by atoms with van der Waals surface area (Å²) in [7, 11) is -2.35. The predicted octanol–water partition coefficient (Wildman–Crippen LogP) is 7.18. The fraction of sp³-hybridized carbons (Fsp3) is 0.235. The molecule has 2 amide bonds. The molecular formula is C34H37N2O5P. The zero-order valence-corrected chi connectivity index (χ0v) is 25.5. The van der Waals surface area contributed by atoms with Crippen LogP contribution in [-0.2, 0) is 14.1 Å². The van der Waals surface area contributed by atoms with Crippen LogP contribution in [0.3, 0.4) is 0 Å². The quantitative estimate of drug-likeness (QED) is 0.211. The minimum atomic E-state index is -3.92. The number of nitrogens with zero attached hydrogens (tertiary/aromatic N) is 1. The number of anilines is 1. The van der Waals surface area contributed by atoms with Crippen LogP contribution in [0.25, 0.3) is 0 Å². The summed E-state index contributed by atoms with van der Waals surface area (Å²) in [5.41, 5.74) is 0.328. The lowest BCUT2D eigenvalue weighted by atomic mass is 9.93. The molecule has 0 fully saturated rings. The van der Waals surface area contributed by atoms with E-state index in [2.05, 4.69) is 5.32 Å². The standard InChI is InChI=1S/C34H37N2O5P/c1-25(32(37)35-27-21-23-28(40-5)24-22-27)31(26-15-9-6-10-16-26)36(33(38)41-34(2,3)4)42(39,29-17-11-7-12-18-29)30-19-13-8-14-20-30/h6-25,31H,1-5H3,(H,35,37)/t25-,31?/m1/s1. The van der Waals surface area contributed by atoms with Crippen molar-refractivity contribution in [3.8, 4) is 5.75 Å². The van der Waals surface area contributed by atoms with Gasteiger partial charge in [-0.05, 0) is 74.9 Å². The monoisotopic (exact) mass is 584 g/mol. The first-order valence-corrected chi connectivity index (χ1v) is 15.4. The molecule has 2 atom stereocenters. The van der Waals surface area contributed by atoms with Crippen LogP contribution in [0.2, 0.25) is 0 Å². The first-order valence-electron chi connectivity index (χ1n) is 13.8. The summed E-state index contributed by atoms with van der Waals surface area (Å²) in [5.74, 6) is -0.538. The van der Waals surface area contributed by atoms with Gasteiger partial charge in [-0.15, -0.1) is 0 Å². The van der Waals surface area contributed by atoms with Crippen molar-refractivity contribution in [1.29, 1.82) is 0 Å². The van der Waals surface area contributed by atoms with E-state index >= 15 is 4.57 Å². The Balaban J connectivity index is 1.92. The number of ether oxygens (including phenoxy) is 2. The maximum Gasteiger partial charge on any atom is 0.416 e. The fourth-order valence-electron chi connectivity index (χ4n) is 4.74. The minimum Gasteiger partial charge on any atom is -0.497 e. The molecule has 0 saturated carbocycles. The second-order valence-corrected chi connectivity index (χ2v) is 13.5. The number of carbonyl (C=O) groups excluding carboxylic acids is 2. The van der Waals surface area contributed by atoms with E-state index in [4.69, 9.17) is 9.47 Å². The van der Waals surface area contributed by atoms with E-state index < -0.39 is 30.9 Å². The van der Waals surface area contributed by atoms with Gasteiger partial charge in [0.25, 0.3) is 0 Å². The number of benzene rings is 4. The van der Waals surface area contributed by atoms with Crippen molar-refractivity contribution in [3.63, 3.8) is 0 Å². The van der Waals surface area contributed by atoms with Crippen LogP contribution in [0.4, 0.5) is 10.5 Å². The van der Waals surface area contributed by atoms with E-state index in [1.54, 1.807) is 108 Å². The Bertz CT molecular complexity index is 1480. The van der Waals surface area contributed by atoms with Crippen LogP contribution in [0, 0.1) is 5.92 Å². The average molecular weight is 585 g/mol. The Morgan fingerprint density at radius 3 is 1.69 bits per heavy atom. The smallest absolute Gasteiger partial charge is 0.416 e. The number of carbonyl (C=O) groups is 2. The van der Waals surface area contributed by atoms with Gasteiger partial charge in [0, 0.05) is 16.3 Å². The molecule has 218 valence electrons. The highest BCUT2D eigenvalue weighted by molar-refractivity contribution is 7.77. The highest BCUT2D eigenvalue weighted by Crippen LogP contribution is 2.54. The highest BCUT2D eigenvalue weighted by Gasteiger charge is 2.47. The number of hydrogen-bond acceptors (Lipinski definition) is 5. The number of nitrogens with one attached hydrogen (secondary N) is 1. The molecule has 7 nitrogen and oxygen atoms in total. The van der Waals surface area contributed by atoms with Crippen molar-refractivity contribution in [1.82, 2.24) is 4.67 Å². The molecule has 1 unspecified atom stereocenters. The molecule has 0 radical (unpaired) electrons. The second kappa shape index (κ2) is 13.1. The van der Waals surface area contributed by atoms with Crippen molar-refractivity contribution in [2.75, 3.05) is 12.4 Å². The van der Waals surface area contributed by atoms with E-state index in [1.807, 2.05) is 42.5 Å². The van der Waals surface area contributed by atoms with Crippen molar-refractivity contribution in [3.05, 3.63) is 121 Å². The van der Waals surface area contributed by atoms with Crippen molar-refractivity contribution < 1.29 is 23.6 Å². The molecule has 0 spiro atoms. The number of amides is 2. The minimum absolute atomic E-state index is 0.352. The van der Waals surface area contributed by atoms with Gasteiger partial charge in [0.05, 0.1) is 19.1 Å². The predicted molar refractivity (Wildman–Crippen MR) is 168 cm³/mol. The average Bonchev–Trinajstić information content (AvgIpc) is 3.00. The summed E-state index contributed by atoms with van der Waals surface area (Å²) < 4.78 is 28.2. The van der Waals surface area contributed by atoms with Crippen LogP contribution in [0.5, 0.6) is 5.75 Å². The Kier molecular flexibility index (Phi) is 9.54. The third-order valence-corrected chi connectivity index (χ3v) is 9.76. The van der Waals surface area contributed by atoms with Crippen LogP contribution >= 0.6 is 7.29 Å². The Morgan fingerprint density at radius 1 is 0.762 bits per heavy atom. The van der Waals surface area contributed by atoms with Crippen LogP contribution < -0.4 is 20.7 Å². The molecule has 8 heteroatoms. The Hall–Kier alpha value is -4.35.